The normalized spacial score (nSPS) is 10.5. The van der Waals surface area contributed by atoms with E-state index < -0.39 is 5.82 Å². The molecule has 0 unspecified atom stereocenters. The van der Waals surface area contributed by atoms with Crippen molar-refractivity contribution in [2.24, 2.45) is 0 Å². The second-order valence-electron chi connectivity index (χ2n) is 7.46. The molecular weight excluding hydrogens is 443 g/mol. The highest BCUT2D eigenvalue weighted by Gasteiger charge is 2.18. The van der Waals surface area contributed by atoms with Crippen LogP contribution >= 0.6 is 0 Å². The summed E-state index contributed by atoms with van der Waals surface area (Å²) in [6.45, 7) is 4.00. The molecule has 5 rings (SSSR count). The van der Waals surface area contributed by atoms with E-state index in [0.29, 0.717) is 28.4 Å². The van der Waals surface area contributed by atoms with E-state index in [1.54, 1.807) is 22.9 Å². The second kappa shape index (κ2) is 10.6. The van der Waals surface area contributed by atoms with Crippen molar-refractivity contribution in [2.45, 2.75) is 20.3 Å². The van der Waals surface area contributed by atoms with Crippen LogP contribution in [0.2, 0.25) is 0 Å². The second-order valence-corrected chi connectivity index (χ2v) is 7.46. The predicted octanol–water partition coefficient (Wildman–Crippen LogP) is 5.41. The van der Waals surface area contributed by atoms with E-state index >= 15 is 0 Å². The number of amides is 1. The Morgan fingerprint density at radius 2 is 1.74 bits per heavy atom. The maximum absolute atomic E-state index is 13.8. The van der Waals surface area contributed by atoms with Gasteiger partial charge in [-0.25, -0.2) is 19.3 Å². The van der Waals surface area contributed by atoms with Crippen LogP contribution in [-0.2, 0) is 11.2 Å². The Labute approximate surface area is 202 Å². The number of anilines is 2. The van der Waals surface area contributed by atoms with Gasteiger partial charge in [0, 0.05) is 23.6 Å². The Kier molecular flexibility index (Phi) is 7.11. The number of carbonyl (C=O) groups is 1. The van der Waals surface area contributed by atoms with E-state index in [-0.39, 0.29) is 12.3 Å². The molecule has 3 heterocycles. The van der Waals surface area contributed by atoms with E-state index in [0.717, 1.165) is 23.1 Å². The fourth-order valence-corrected chi connectivity index (χ4v) is 3.65. The van der Waals surface area contributed by atoms with Gasteiger partial charge in [-0.15, -0.1) is 0 Å². The van der Waals surface area contributed by atoms with Gasteiger partial charge in [0.2, 0.25) is 5.91 Å². The molecule has 0 fully saturated rings. The van der Waals surface area contributed by atoms with Crippen molar-refractivity contribution in [3.05, 3.63) is 96.6 Å². The molecule has 8 heteroatoms. The van der Waals surface area contributed by atoms with Gasteiger partial charge in [-0.2, -0.15) is 0 Å². The zero-order valence-electron chi connectivity index (χ0n) is 19.4. The van der Waals surface area contributed by atoms with Crippen LogP contribution in [0.5, 0.6) is 0 Å². The van der Waals surface area contributed by atoms with E-state index in [4.69, 9.17) is 5.73 Å². The summed E-state index contributed by atoms with van der Waals surface area (Å²) < 4.78 is 15.6. The third-order valence-corrected chi connectivity index (χ3v) is 5.16. The van der Waals surface area contributed by atoms with Crippen molar-refractivity contribution in [3.8, 4) is 17.1 Å². The summed E-state index contributed by atoms with van der Waals surface area (Å²) in [7, 11) is 0. The number of carbonyl (C=O) groups excluding carboxylic acids is 1. The highest BCUT2D eigenvalue weighted by Crippen LogP contribution is 2.30. The fourth-order valence-electron chi connectivity index (χ4n) is 3.65. The lowest BCUT2D eigenvalue weighted by Gasteiger charge is -2.11. The summed E-state index contributed by atoms with van der Waals surface area (Å²) in [5.74, 6) is 0.229. The molecule has 0 aliphatic rings. The molecular formula is C27H25FN6O. The van der Waals surface area contributed by atoms with Crippen molar-refractivity contribution in [1.29, 1.82) is 0 Å². The van der Waals surface area contributed by atoms with Crippen LogP contribution in [0.4, 0.5) is 15.9 Å². The lowest BCUT2D eigenvalue weighted by molar-refractivity contribution is -0.115. The first-order valence-corrected chi connectivity index (χ1v) is 11.3. The lowest BCUT2D eigenvalue weighted by Crippen LogP contribution is -2.14. The van der Waals surface area contributed by atoms with E-state index in [1.807, 2.05) is 68.4 Å². The van der Waals surface area contributed by atoms with Crippen LogP contribution in [0.25, 0.3) is 28.2 Å². The first-order valence-electron chi connectivity index (χ1n) is 11.3. The number of fused-ring (bicyclic) bond motifs is 1. The minimum atomic E-state index is -0.474. The minimum Gasteiger partial charge on any atom is -0.383 e. The summed E-state index contributed by atoms with van der Waals surface area (Å²) in [6.07, 6.45) is 2.98. The standard InChI is InChI=1S/C25H19FN6O.C2H6/c26-17-14-21-25(29-15-17)32(24(31-21)20-7-4-12-28-23(20)27)19-10-8-16(9-11-19)13-22(33)30-18-5-2-1-3-6-18;1-2/h1-12,14-15H,13H2,(H2,27,28)(H,30,33);1-2H3. The molecule has 0 atom stereocenters. The van der Waals surface area contributed by atoms with Gasteiger partial charge in [-0.1, -0.05) is 44.2 Å². The van der Waals surface area contributed by atoms with Crippen LogP contribution in [0, 0.1) is 5.82 Å². The average Bonchev–Trinajstić information content (AvgIpc) is 3.25. The number of hydrogen-bond donors (Lipinski definition) is 2. The number of imidazole rings is 1. The molecule has 7 nitrogen and oxygen atoms in total. The molecule has 3 N–H and O–H groups in total. The smallest absolute Gasteiger partial charge is 0.228 e. The number of nitrogens with one attached hydrogen (secondary N) is 1. The molecule has 0 aliphatic carbocycles. The van der Waals surface area contributed by atoms with Gasteiger partial charge in [0.05, 0.1) is 18.2 Å². The Morgan fingerprint density at radius 1 is 1.00 bits per heavy atom. The van der Waals surface area contributed by atoms with Gasteiger partial charge >= 0.3 is 0 Å². The number of rotatable bonds is 5. The van der Waals surface area contributed by atoms with Crippen LogP contribution in [0.1, 0.15) is 19.4 Å². The summed E-state index contributed by atoms with van der Waals surface area (Å²) in [5.41, 5.74) is 9.94. The van der Waals surface area contributed by atoms with E-state index in [9.17, 15) is 9.18 Å². The summed E-state index contributed by atoms with van der Waals surface area (Å²) in [4.78, 5) is 25.4. The molecule has 1 amide bonds. The molecule has 0 spiro atoms. The molecule has 35 heavy (non-hydrogen) atoms. The number of pyridine rings is 2. The third kappa shape index (κ3) is 5.16. The van der Waals surface area contributed by atoms with Gasteiger partial charge < -0.3 is 11.1 Å². The molecule has 5 aromatic rings. The van der Waals surface area contributed by atoms with Gasteiger partial charge in [0.15, 0.2) is 11.5 Å². The number of halogens is 1. The van der Waals surface area contributed by atoms with Gasteiger partial charge in [-0.3, -0.25) is 9.36 Å². The Balaban J connectivity index is 0.00000141. The van der Waals surface area contributed by atoms with Crippen molar-refractivity contribution in [3.63, 3.8) is 0 Å². The Hall–Kier alpha value is -4.59. The number of nitrogens with two attached hydrogens (primary N) is 1. The van der Waals surface area contributed by atoms with Gasteiger partial charge in [0.25, 0.3) is 0 Å². The largest absolute Gasteiger partial charge is 0.383 e. The van der Waals surface area contributed by atoms with Crippen LogP contribution in [0.3, 0.4) is 0 Å². The molecule has 0 saturated carbocycles. The summed E-state index contributed by atoms with van der Waals surface area (Å²) >= 11 is 0. The number of nitrogen functional groups attached to an aromatic ring is 1. The van der Waals surface area contributed by atoms with Crippen molar-refractivity contribution in [1.82, 2.24) is 19.5 Å². The third-order valence-electron chi connectivity index (χ3n) is 5.16. The maximum Gasteiger partial charge on any atom is 0.228 e. The van der Waals surface area contributed by atoms with Crippen molar-refractivity contribution < 1.29 is 9.18 Å². The minimum absolute atomic E-state index is 0.108. The summed E-state index contributed by atoms with van der Waals surface area (Å²) in [6, 6.07) is 21.7. The average molecular weight is 469 g/mol. The molecule has 0 bridgehead atoms. The fraction of sp³-hybridized carbons (Fsp3) is 0.111. The number of para-hydroxylation sites is 1. The zero-order valence-corrected chi connectivity index (χ0v) is 19.4. The zero-order chi connectivity index (χ0) is 24.8. The van der Waals surface area contributed by atoms with E-state index in [2.05, 4.69) is 20.3 Å². The molecule has 176 valence electrons. The first kappa shape index (κ1) is 23.6. The monoisotopic (exact) mass is 468 g/mol. The molecule has 0 saturated heterocycles. The number of nitrogens with zero attached hydrogens (tertiary/aromatic N) is 4. The highest BCUT2D eigenvalue weighted by molar-refractivity contribution is 5.92. The number of aromatic nitrogens is 4. The van der Waals surface area contributed by atoms with E-state index in [1.165, 1.54) is 6.07 Å². The SMILES string of the molecule is CC.Nc1ncccc1-c1nc2cc(F)cnc2n1-c1ccc(CC(=O)Nc2ccccc2)cc1. The predicted molar refractivity (Wildman–Crippen MR) is 137 cm³/mol. The summed E-state index contributed by atoms with van der Waals surface area (Å²) in [5, 5.41) is 2.88. The Bertz CT molecular complexity index is 1450. The van der Waals surface area contributed by atoms with Crippen LogP contribution in [-0.4, -0.2) is 25.4 Å². The van der Waals surface area contributed by atoms with Gasteiger partial charge in [0.1, 0.15) is 17.2 Å². The van der Waals surface area contributed by atoms with Crippen LogP contribution < -0.4 is 11.1 Å². The van der Waals surface area contributed by atoms with Crippen molar-refractivity contribution in [2.75, 3.05) is 11.1 Å². The topological polar surface area (TPSA) is 98.7 Å². The number of benzene rings is 2. The molecule has 0 radical (unpaired) electrons. The number of hydrogen-bond acceptors (Lipinski definition) is 5. The molecule has 3 aromatic heterocycles. The maximum atomic E-state index is 13.8. The molecule has 0 aliphatic heterocycles. The molecule has 2 aromatic carbocycles. The quantitative estimate of drug-likeness (QED) is 0.359. The lowest BCUT2D eigenvalue weighted by atomic mass is 10.1. The highest BCUT2D eigenvalue weighted by atomic mass is 19.1. The van der Waals surface area contributed by atoms with Gasteiger partial charge in [-0.05, 0) is 42.0 Å². The van der Waals surface area contributed by atoms with Crippen molar-refractivity contribution >= 4 is 28.6 Å². The first-order chi connectivity index (χ1) is 17.1. The van der Waals surface area contributed by atoms with Crippen LogP contribution in [0.15, 0.2) is 85.2 Å². The Morgan fingerprint density at radius 3 is 2.46 bits per heavy atom.